The lowest BCUT2D eigenvalue weighted by molar-refractivity contribution is -0.160. The normalized spacial score (nSPS) is 32.2. The van der Waals surface area contributed by atoms with Crippen LogP contribution >= 0.6 is 19.9 Å². The highest BCUT2D eigenvalue weighted by Gasteiger charge is 2.54. The Morgan fingerprint density at radius 3 is 2.84 bits per heavy atom. The molecular formula is C21H26N5O9PS. The summed E-state index contributed by atoms with van der Waals surface area (Å²) in [6.45, 7) is 1.18. The second-order valence-electron chi connectivity index (χ2n) is 8.63. The van der Waals surface area contributed by atoms with E-state index < -0.39 is 38.0 Å². The van der Waals surface area contributed by atoms with Gasteiger partial charge in [0, 0.05) is 11.3 Å². The Hall–Kier alpha value is -2.17. The van der Waals surface area contributed by atoms with Gasteiger partial charge in [0.1, 0.15) is 29.7 Å². The number of imidazole rings is 1. The van der Waals surface area contributed by atoms with Crippen LogP contribution in [0, 0.1) is 0 Å². The highest BCUT2D eigenvalue weighted by Crippen LogP contribution is 2.57. The highest BCUT2D eigenvalue weighted by atomic mass is 32.2. The van der Waals surface area contributed by atoms with Gasteiger partial charge in [0.15, 0.2) is 17.7 Å². The van der Waals surface area contributed by atoms with E-state index in [1.54, 1.807) is 0 Å². The number of phosphoric acid groups is 1. The maximum absolute atomic E-state index is 13.2. The number of aliphatic hydroxyl groups is 2. The Morgan fingerprint density at radius 1 is 1.30 bits per heavy atom. The monoisotopic (exact) mass is 555 g/mol. The molecule has 1 aromatic carbocycles. The first-order valence-corrected chi connectivity index (χ1v) is 13.5. The largest absolute Gasteiger partial charge is 0.475 e. The van der Waals surface area contributed by atoms with E-state index in [9.17, 15) is 14.8 Å². The van der Waals surface area contributed by atoms with Crippen molar-refractivity contribution in [1.29, 1.82) is 0 Å². The minimum atomic E-state index is -3.99. The SMILES string of the molecule is COOSc1ccc([C@@H]2CCOP(=O)(OC[C@H]3O[C@@H](n4cnc5c(N)ncnc54)[C@](C)(O)[C@@H]3O)O2)cc1. The zero-order valence-corrected chi connectivity index (χ0v) is 21.6. The lowest BCUT2D eigenvalue weighted by atomic mass is 9.96. The predicted octanol–water partition coefficient (Wildman–Crippen LogP) is 2.31. The standard InChI is InChI=1S/C21H26N5O9PS/c1-21(28)17(27)15(33-20(21)26-11-25-16-18(22)23-10-24-19(16)26)9-32-36(29)31-8-7-14(34-36)12-3-5-13(6-4-12)37-35-30-2/h3-6,10-11,14-15,17,20,27-28H,7-9H2,1-2H3,(H2,22,23,24)/t14-,15+,17+,20+,21+,36?/m0/s1. The number of ether oxygens (including phenoxy) is 1. The van der Waals surface area contributed by atoms with Gasteiger partial charge in [-0.1, -0.05) is 12.1 Å². The number of hydrogen-bond donors (Lipinski definition) is 3. The molecule has 2 fully saturated rings. The van der Waals surface area contributed by atoms with Crippen LogP contribution in [0.2, 0.25) is 0 Å². The fourth-order valence-corrected chi connectivity index (χ4v) is 5.99. The van der Waals surface area contributed by atoms with Crippen molar-refractivity contribution in [2.75, 3.05) is 26.1 Å². The van der Waals surface area contributed by atoms with E-state index >= 15 is 0 Å². The smallest absolute Gasteiger partial charge is 0.387 e. The number of rotatable bonds is 8. The van der Waals surface area contributed by atoms with Crippen LogP contribution < -0.4 is 5.73 Å². The van der Waals surface area contributed by atoms with Gasteiger partial charge in [-0.2, -0.15) is 4.33 Å². The molecule has 0 aliphatic carbocycles. The molecule has 3 aromatic rings. The average molecular weight is 556 g/mol. The molecule has 0 spiro atoms. The molecule has 16 heteroatoms. The third kappa shape index (κ3) is 5.25. The third-order valence-corrected chi connectivity index (χ3v) is 8.27. The fraction of sp³-hybridized carbons (Fsp3) is 0.476. The van der Waals surface area contributed by atoms with Gasteiger partial charge in [-0.25, -0.2) is 24.4 Å². The summed E-state index contributed by atoms with van der Waals surface area (Å²) in [6.07, 6.45) is -0.975. The van der Waals surface area contributed by atoms with Crippen LogP contribution in [-0.4, -0.2) is 67.9 Å². The van der Waals surface area contributed by atoms with E-state index in [0.717, 1.165) is 22.5 Å². The lowest BCUT2D eigenvalue weighted by Crippen LogP contribution is -2.44. The average Bonchev–Trinajstić information content (AvgIpc) is 3.41. The first-order chi connectivity index (χ1) is 17.7. The van der Waals surface area contributed by atoms with Gasteiger partial charge < -0.3 is 20.7 Å². The molecule has 0 saturated carbocycles. The minimum absolute atomic E-state index is 0.141. The maximum atomic E-state index is 13.2. The summed E-state index contributed by atoms with van der Waals surface area (Å²) in [5.74, 6) is 0.165. The van der Waals surface area contributed by atoms with Crippen molar-refractivity contribution >= 4 is 36.8 Å². The van der Waals surface area contributed by atoms with Gasteiger partial charge in [-0.3, -0.25) is 18.1 Å². The van der Waals surface area contributed by atoms with E-state index in [4.69, 9.17) is 28.4 Å². The van der Waals surface area contributed by atoms with Crippen LogP contribution in [0.5, 0.6) is 0 Å². The summed E-state index contributed by atoms with van der Waals surface area (Å²) in [5.41, 5.74) is 5.51. The molecule has 6 atom stereocenters. The van der Waals surface area contributed by atoms with Crippen LogP contribution in [0.1, 0.15) is 31.2 Å². The Bertz CT molecular complexity index is 1290. The van der Waals surface area contributed by atoms with Crippen LogP contribution in [0.15, 0.2) is 41.8 Å². The zero-order chi connectivity index (χ0) is 26.2. The van der Waals surface area contributed by atoms with Crippen LogP contribution in [0.25, 0.3) is 11.2 Å². The Morgan fingerprint density at radius 2 is 2.08 bits per heavy atom. The molecule has 4 heterocycles. The number of fused-ring (bicyclic) bond motifs is 1. The van der Waals surface area contributed by atoms with Gasteiger partial charge in [0.25, 0.3) is 0 Å². The quantitative estimate of drug-likeness (QED) is 0.159. The van der Waals surface area contributed by atoms with Crippen LogP contribution in [0.4, 0.5) is 5.82 Å². The number of benzene rings is 1. The summed E-state index contributed by atoms with van der Waals surface area (Å²) in [5, 5.41) is 21.9. The number of nitrogens with zero attached hydrogens (tertiary/aromatic N) is 4. The van der Waals surface area contributed by atoms with E-state index in [1.165, 1.54) is 31.3 Å². The summed E-state index contributed by atoms with van der Waals surface area (Å²) < 4.78 is 42.0. The lowest BCUT2D eigenvalue weighted by Gasteiger charge is -2.30. The third-order valence-electron chi connectivity index (χ3n) is 6.13. The van der Waals surface area contributed by atoms with Crippen LogP contribution in [0.3, 0.4) is 0 Å². The molecule has 0 amide bonds. The molecule has 2 aliphatic heterocycles. The van der Waals surface area contributed by atoms with Gasteiger partial charge >= 0.3 is 7.82 Å². The van der Waals surface area contributed by atoms with E-state index in [2.05, 4.69) is 19.8 Å². The van der Waals surface area contributed by atoms with Crippen molar-refractivity contribution < 1.29 is 42.3 Å². The van der Waals surface area contributed by atoms with Gasteiger partial charge in [0.05, 0.1) is 44.8 Å². The van der Waals surface area contributed by atoms with Crippen LogP contribution in [-0.2, 0) is 32.1 Å². The highest BCUT2D eigenvalue weighted by molar-refractivity contribution is 7.94. The number of aromatic nitrogens is 4. The topological polar surface area (TPSA) is 183 Å². The Balaban J connectivity index is 1.26. The number of aliphatic hydroxyl groups excluding tert-OH is 1. The van der Waals surface area contributed by atoms with Gasteiger partial charge in [-0.15, -0.1) is 0 Å². The number of nitrogen functional groups attached to an aromatic ring is 1. The Labute approximate surface area is 215 Å². The first kappa shape index (κ1) is 26.4. The van der Waals surface area contributed by atoms with E-state index in [0.29, 0.717) is 17.6 Å². The van der Waals surface area contributed by atoms with Gasteiger partial charge in [0.2, 0.25) is 0 Å². The predicted molar refractivity (Wildman–Crippen MR) is 129 cm³/mol. The number of hydrogen-bond acceptors (Lipinski definition) is 14. The molecule has 14 nitrogen and oxygen atoms in total. The molecular weight excluding hydrogens is 529 g/mol. The number of nitrogens with two attached hydrogens (primary N) is 1. The summed E-state index contributed by atoms with van der Waals surface area (Å²) in [4.78, 5) is 17.6. The molecule has 2 saturated heterocycles. The summed E-state index contributed by atoms with van der Waals surface area (Å²) >= 11 is 1.05. The molecule has 2 aromatic heterocycles. The van der Waals surface area contributed by atoms with Crippen molar-refractivity contribution in [3.8, 4) is 0 Å². The molecule has 0 radical (unpaired) electrons. The van der Waals surface area contributed by atoms with Crippen molar-refractivity contribution in [1.82, 2.24) is 19.5 Å². The molecule has 37 heavy (non-hydrogen) atoms. The Kier molecular flexibility index (Phi) is 7.53. The van der Waals surface area contributed by atoms with E-state index in [1.807, 2.05) is 24.3 Å². The second kappa shape index (κ2) is 10.5. The first-order valence-electron chi connectivity index (χ1n) is 11.3. The molecule has 5 rings (SSSR count). The van der Waals surface area contributed by atoms with Crippen molar-refractivity contribution in [2.24, 2.45) is 0 Å². The molecule has 200 valence electrons. The second-order valence-corrected chi connectivity index (χ2v) is 11.0. The van der Waals surface area contributed by atoms with Crippen molar-refractivity contribution in [2.45, 2.75) is 48.4 Å². The fourth-order valence-electron chi connectivity index (χ4n) is 4.20. The summed E-state index contributed by atoms with van der Waals surface area (Å²) in [7, 11) is -2.58. The molecule has 4 N–H and O–H groups in total. The molecule has 0 bridgehead atoms. The minimum Gasteiger partial charge on any atom is -0.387 e. The molecule has 2 aliphatic rings. The maximum Gasteiger partial charge on any atom is 0.475 e. The van der Waals surface area contributed by atoms with E-state index in [-0.39, 0.29) is 19.0 Å². The summed E-state index contributed by atoms with van der Waals surface area (Å²) in [6, 6.07) is 7.26. The zero-order valence-electron chi connectivity index (χ0n) is 19.9. The number of phosphoric ester groups is 1. The number of anilines is 1. The molecule has 1 unspecified atom stereocenters. The van der Waals surface area contributed by atoms with Crippen molar-refractivity contribution in [3.63, 3.8) is 0 Å². The van der Waals surface area contributed by atoms with Crippen molar-refractivity contribution in [3.05, 3.63) is 42.5 Å². The van der Waals surface area contributed by atoms with Gasteiger partial charge in [-0.05, 0) is 24.6 Å².